The molecule has 1 aromatic rings. The van der Waals surface area contributed by atoms with E-state index >= 15 is 0 Å². The first-order chi connectivity index (χ1) is 9.44. The van der Waals surface area contributed by atoms with Crippen molar-refractivity contribution in [2.75, 3.05) is 0 Å². The Balaban J connectivity index is 4.35. The maximum atomic E-state index is 14.0. The predicted octanol–water partition coefficient (Wildman–Crippen LogP) is 0.808. The van der Waals surface area contributed by atoms with Crippen molar-refractivity contribution in [1.82, 2.24) is 0 Å². The molecule has 7 heteroatoms. The lowest BCUT2D eigenvalue weighted by Gasteiger charge is -2.03. The van der Waals surface area contributed by atoms with Crippen molar-refractivity contribution in [3.63, 3.8) is 0 Å². The van der Waals surface area contributed by atoms with Crippen LogP contribution < -0.4 is 10.4 Å². The summed E-state index contributed by atoms with van der Waals surface area (Å²) in [6.07, 6.45) is 0. The smallest absolute Gasteiger partial charge is 0.171 e. The molecule has 0 fully saturated rings. The van der Waals surface area contributed by atoms with Crippen LogP contribution in [0.4, 0.5) is 13.2 Å². The molecule has 0 amide bonds. The van der Waals surface area contributed by atoms with Crippen molar-refractivity contribution in [2.45, 2.75) is 6.92 Å². The summed E-state index contributed by atoms with van der Waals surface area (Å²) in [5.41, 5.74) is -2.27. The summed E-state index contributed by atoms with van der Waals surface area (Å²) in [5, 5.41) is 32.6. The fourth-order valence-corrected chi connectivity index (χ4v) is 1.57. The van der Waals surface area contributed by atoms with Crippen molar-refractivity contribution in [3.8, 4) is 24.3 Å². The van der Waals surface area contributed by atoms with Gasteiger partial charge in [-0.25, -0.2) is 13.2 Å². The summed E-state index contributed by atoms with van der Waals surface area (Å²) in [6, 6.07) is 5.16. The van der Waals surface area contributed by atoms with E-state index in [-0.39, 0.29) is 0 Å². The third-order valence-electron chi connectivity index (χ3n) is 2.50. The molecule has 1 aromatic carbocycles. The number of hydrogen-bond donors (Lipinski definition) is 0. The van der Waals surface area contributed by atoms with Gasteiger partial charge in [-0.1, -0.05) is 0 Å². The average Bonchev–Trinajstić information content (AvgIpc) is 2.46. The second-order valence-corrected chi connectivity index (χ2v) is 3.51. The molecule has 0 aliphatic rings. The standard InChI is InChI=1S/C13H3F3N4/c1-6-9(7(2-17)3-18)12(15)13(16)10(11(6)14)8(4-19)5-20/h1H3. The lowest BCUT2D eigenvalue weighted by atomic mass is 10.0. The lowest BCUT2D eigenvalue weighted by molar-refractivity contribution is 0.476. The molecule has 0 saturated heterocycles. The third-order valence-corrected chi connectivity index (χ3v) is 2.50. The second-order valence-electron chi connectivity index (χ2n) is 3.51. The predicted molar refractivity (Wildman–Crippen MR) is 59.6 cm³/mol. The molecule has 0 saturated carbocycles. The van der Waals surface area contributed by atoms with Gasteiger partial charge in [0, 0.05) is 5.22 Å². The summed E-state index contributed by atoms with van der Waals surface area (Å²) >= 11 is 0. The minimum atomic E-state index is -1.79. The molecular formula is C13H3F3N4. The Morgan fingerprint density at radius 2 is 1.05 bits per heavy atom. The molecule has 0 aliphatic carbocycles. The molecule has 4 nitrogen and oxygen atoms in total. The summed E-state index contributed by atoms with van der Waals surface area (Å²) in [5.74, 6) is -4.80. The van der Waals surface area contributed by atoms with Crippen molar-refractivity contribution >= 4 is 11.1 Å². The number of nitrogens with zero attached hydrogens (tertiary/aromatic N) is 4. The van der Waals surface area contributed by atoms with Crippen molar-refractivity contribution in [2.24, 2.45) is 0 Å². The molecule has 1 rings (SSSR count). The quantitative estimate of drug-likeness (QED) is 0.653. The molecule has 0 spiro atoms. The Hall–Kier alpha value is -3.29. The van der Waals surface area contributed by atoms with Crippen LogP contribution in [0.3, 0.4) is 0 Å². The Morgan fingerprint density at radius 3 is 1.45 bits per heavy atom. The van der Waals surface area contributed by atoms with Crippen molar-refractivity contribution < 1.29 is 13.2 Å². The van der Waals surface area contributed by atoms with Crippen LogP contribution in [0.5, 0.6) is 0 Å². The van der Waals surface area contributed by atoms with Crippen LogP contribution in [0.2, 0.25) is 0 Å². The van der Waals surface area contributed by atoms with E-state index in [0.717, 1.165) is 6.92 Å². The molecule has 0 aromatic heterocycles. The van der Waals surface area contributed by atoms with E-state index in [4.69, 9.17) is 21.0 Å². The van der Waals surface area contributed by atoms with Gasteiger partial charge in [0.1, 0.15) is 41.2 Å². The number of halogens is 3. The molecule has 0 unspecified atom stereocenters. The van der Waals surface area contributed by atoms with E-state index in [2.05, 4.69) is 0 Å². The maximum Gasteiger partial charge on any atom is 0.171 e. The van der Waals surface area contributed by atoms with Gasteiger partial charge < -0.3 is 0 Å². The van der Waals surface area contributed by atoms with Crippen LogP contribution in [0.25, 0.3) is 11.1 Å². The lowest BCUT2D eigenvalue weighted by Crippen LogP contribution is -2.30. The molecule has 0 atom stereocenters. The van der Waals surface area contributed by atoms with Gasteiger partial charge in [-0.3, -0.25) is 0 Å². The van der Waals surface area contributed by atoms with Gasteiger partial charge in [-0.2, -0.15) is 21.0 Å². The summed E-state index contributed by atoms with van der Waals surface area (Å²) < 4.78 is 41.7. The van der Waals surface area contributed by atoms with E-state index in [1.165, 1.54) is 24.3 Å². The van der Waals surface area contributed by atoms with Gasteiger partial charge in [-0.15, -0.1) is 0 Å². The van der Waals surface area contributed by atoms with Gasteiger partial charge in [-0.05, 0) is 12.5 Å². The fourth-order valence-electron chi connectivity index (χ4n) is 1.57. The van der Waals surface area contributed by atoms with Gasteiger partial charge >= 0.3 is 0 Å². The molecular weight excluding hydrogens is 269 g/mol. The normalized spacial score (nSPS) is 8.80. The van der Waals surface area contributed by atoms with E-state index in [1.54, 1.807) is 0 Å². The Kier molecular flexibility index (Phi) is 4.11. The number of hydrogen-bond acceptors (Lipinski definition) is 4. The molecule has 0 heterocycles. The second kappa shape index (κ2) is 5.57. The average molecular weight is 272 g/mol. The summed E-state index contributed by atoms with van der Waals surface area (Å²) in [4.78, 5) is 0. The minimum Gasteiger partial charge on any atom is -0.206 e. The molecule has 0 bridgehead atoms. The monoisotopic (exact) mass is 272 g/mol. The summed E-state index contributed by atoms with van der Waals surface area (Å²) in [7, 11) is 0. The zero-order chi connectivity index (χ0) is 15.4. The van der Waals surface area contributed by atoms with Gasteiger partial charge in [0.05, 0.1) is 5.22 Å². The number of nitriles is 4. The Morgan fingerprint density at radius 1 is 0.700 bits per heavy atom. The molecule has 20 heavy (non-hydrogen) atoms. The zero-order valence-electron chi connectivity index (χ0n) is 9.92. The first-order valence-electron chi connectivity index (χ1n) is 4.96. The van der Waals surface area contributed by atoms with Gasteiger partial charge in [0.15, 0.2) is 11.6 Å². The van der Waals surface area contributed by atoms with E-state index < -0.39 is 44.6 Å². The first-order valence-corrected chi connectivity index (χ1v) is 4.96. The van der Waals surface area contributed by atoms with Crippen LogP contribution >= 0.6 is 0 Å². The number of rotatable bonds is 0. The highest BCUT2D eigenvalue weighted by Crippen LogP contribution is 2.06. The Bertz CT molecular complexity index is 744. The zero-order valence-corrected chi connectivity index (χ0v) is 9.92. The van der Waals surface area contributed by atoms with Crippen LogP contribution in [0.1, 0.15) is 5.56 Å². The highest BCUT2D eigenvalue weighted by molar-refractivity contribution is 5.75. The maximum absolute atomic E-state index is 14.0. The first kappa shape index (κ1) is 14.8. The topological polar surface area (TPSA) is 95.2 Å². The number of benzene rings is 1. The highest BCUT2D eigenvalue weighted by Gasteiger charge is 2.20. The van der Waals surface area contributed by atoms with E-state index in [9.17, 15) is 13.2 Å². The van der Waals surface area contributed by atoms with Crippen LogP contribution in [0, 0.1) is 69.7 Å². The van der Waals surface area contributed by atoms with Crippen LogP contribution in [0.15, 0.2) is 0 Å². The third kappa shape index (κ3) is 2.05. The molecule has 0 N–H and O–H groups in total. The van der Waals surface area contributed by atoms with E-state index in [1.807, 2.05) is 0 Å². The molecule has 0 aliphatic heterocycles. The SMILES string of the molecule is Cc1c(F)c(=C(C#N)C#N)c(F)c(F)c1=C(C#N)C#N. The minimum absolute atomic E-state index is 0.528. The molecule has 0 radical (unpaired) electrons. The highest BCUT2D eigenvalue weighted by atomic mass is 19.2. The van der Waals surface area contributed by atoms with Crippen molar-refractivity contribution in [3.05, 3.63) is 33.5 Å². The fraction of sp³-hybridized carbons (Fsp3) is 0.0769. The largest absolute Gasteiger partial charge is 0.206 e. The van der Waals surface area contributed by atoms with Gasteiger partial charge in [0.2, 0.25) is 0 Å². The van der Waals surface area contributed by atoms with Crippen molar-refractivity contribution in [1.29, 1.82) is 21.0 Å². The summed E-state index contributed by atoms with van der Waals surface area (Å²) in [6.45, 7) is 1.01. The van der Waals surface area contributed by atoms with Crippen LogP contribution in [-0.2, 0) is 0 Å². The van der Waals surface area contributed by atoms with Gasteiger partial charge in [0.25, 0.3) is 0 Å². The molecule has 96 valence electrons. The van der Waals surface area contributed by atoms with Crippen LogP contribution in [-0.4, -0.2) is 0 Å². The Labute approximate surface area is 111 Å². The van der Waals surface area contributed by atoms with E-state index in [0.29, 0.717) is 0 Å².